The molecule has 0 atom stereocenters. The number of rotatable bonds is 23. The van der Waals surface area contributed by atoms with Gasteiger partial charge < -0.3 is 87.6 Å². The summed E-state index contributed by atoms with van der Waals surface area (Å²) < 4.78 is 141. The summed E-state index contributed by atoms with van der Waals surface area (Å²) in [6, 6.07) is 17.0. The lowest BCUT2D eigenvalue weighted by Gasteiger charge is -2.32. The summed E-state index contributed by atoms with van der Waals surface area (Å²) in [4.78, 5) is 92.3. The molecule has 0 unspecified atom stereocenters. The van der Waals surface area contributed by atoms with Crippen LogP contribution in [0.4, 0.5) is 49.6 Å². The molecule has 0 aliphatic rings. The number of benzene rings is 3. The number of nitro groups is 1. The first-order valence-corrected chi connectivity index (χ1v) is 29.7. The van der Waals surface area contributed by atoms with Crippen molar-refractivity contribution < 1.29 is 155 Å². The fourth-order valence-electron chi connectivity index (χ4n) is 6.32. The topological polar surface area (TPSA) is 361 Å². The van der Waals surface area contributed by atoms with Crippen LogP contribution in [0.25, 0.3) is 6.20 Å². The largest absolute Gasteiger partial charge is 0.550 e. The van der Waals surface area contributed by atoms with E-state index in [0.717, 1.165) is 74.1 Å². The van der Waals surface area contributed by atoms with Crippen molar-refractivity contribution in [1.82, 2.24) is 4.57 Å². The van der Waals surface area contributed by atoms with E-state index in [4.69, 9.17) is 39.1 Å². The van der Waals surface area contributed by atoms with Crippen LogP contribution in [0.3, 0.4) is 0 Å². The fourth-order valence-corrected chi connectivity index (χ4v) is 6.32. The van der Waals surface area contributed by atoms with Gasteiger partial charge in [0.05, 0.1) is 106 Å². The molecule has 3 aromatic carbocycles. The number of likely N-dealkylation sites (N-methyl/N-ethyl adjacent to an activating group) is 4. The molecule has 1 aromatic heterocycles. The van der Waals surface area contributed by atoms with Gasteiger partial charge in [0.2, 0.25) is 18.0 Å². The first-order chi connectivity index (χ1) is 46.3. The third-order valence-corrected chi connectivity index (χ3v) is 11.7. The molecule has 4 aromatic rings. The van der Waals surface area contributed by atoms with Crippen LogP contribution in [0.2, 0.25) is 0 Å². The number of aromatic carboxylic acids is 2. The number of esters is 3. The fraction of sp³-hybridized carbons (Fsp3) is 0.439. The van der Waals surface area contributed by atoms with E-state index >= 15 is 0 Å². The van der Waals surface area contributed by atoms with Gasteiger partial charge in [0.1, 0.15) is 57.3 Å². The van der Waals surface area contributed by atoms with Crippen molar-refractivity contribution in [2.75, 3.05) is 109 Å². The van der Waals surface area contributed by atoms with Crippen molar-refractivity contribution in [3.63, 3.8) is 0 Å². The Morgan fingerprint density at radius 1 is 0.647 bits per heavy atom. The number of carbonyl (C=O) groups is 8. The third-order valence-electron chi connectivity index (χ3n) is 11.7. The summed E-state index contributed by atoms with van der Waals surface area (Å²) in [7, 11) is 18.6. The van der Waals surface area contributed by atoms with Crippen LogP contribution in [0.1, 0.15) is 73.4 Å². The molecule has 1 heterocycles. The molecule has 0 spiro atoms. The summed E-state index contributed by atoms with van der Waals surface area (Å²) in [5.41, 5.74) is -5.82. The number of quaternary nitrogens is 4. The highest BCUT2D eigenvalue weighted by Crippen LogP contribution is 2.42. The molecule has 26 nitrogen and oxygen atoms in total. The Morgan fingerprint density at radius 2 is 1.05 bits per heavy atom. The Bertz CT molecular complexity index is 3280. The van der Waals surface area contributed by atoms with E-state index in [1.165, 1.54) is 27.5 Å². The van der Waals surface area contributed by atoms with Gasteiger partial charge in [0.25, 0.3) is 5.60 Å². The van der Waals surface area contributed by atoms with Gasteiger partial charge in [-0.05, 0) is 59.6 Å². The standard InChI is InChI=1S/C16H24NO2.C11H22N2O2.C9H18NO2.C8H8O2.C7HF4NO4.C7H11N2.C4H2F6O3.2C2H4O2/c1-14(2)16(18)19-13-12-17(3,4)11-10-15-8-6-5-7-9-15;1-9(2)11(14)15-10(7-12(3)4)8-13(5)6;1-8(2)9(11)12-7-6-10(3,4)5;1-6-2-4-7(5-3-6)8(9)10;8-2-1(7(13)14)6(12(15)16)5(11)4(10)3(2)9;1-3-8-5-6-9(4-2)7-8;5-3(6,7)2(13,1(11)12)4(8,9)10;2*1-2(3)4/h5-9H,1,10-13H2,2-4H3;10H,1,7-8H2,2-6H3;1,6-7H2,2-5H3;2-5H,1H3,(H,9,10);(H,13,14);3,5-7H,1,4H2,2H3;13H,(H,11,12);2*1H3,(H,3,4)/q+1;;+1;;;+1;;;/p-3. The average Bonchev–Trinajstić information content (AvgIpc) is 0.789. The molecule has 102 heavy (non-hydrogen) atoms. The van der Waals surface area contributed by atoms with Gasteiger partial charge in [0.15, 0.2) is 17.7 Å². The maximum atomic E-state index is 12.8. The molecule has 0 saturated heterocycles. The van der Waals surface area contributed by atoms with Crippen molar-refractivity contribution in [3.8, 4) is 0 Å². The van der Waals surface area contributed by atoms with Crippen molar-refractivity contribution in [2.24, 2.45) is 0 Å². The number of halogens is 10. The van der Waals surface area contributed by atoms with Crippen molar-refractivity contribution in [3.05, 3.63) is 172 Å². The van der Waals surface area contributed by atoms with E-state index in [1.807, 2.05) is 64.5 Å². The number of carboxylic acids is 5. The molecule has 3 N–H and O–H groups in total. The van der Waals surface area contributed by atoms with E-state index < -0.39 is 87.2 Å². The first kappa shape index (κ1) is 101. The molecule has 0 radical (unpaired) electrons. The van der Waals surface area contributed by atoms with E-state index in [2.05, 4.69) is 97.3 Å². The van der Waals surface area contributed by atoms with Gasteiger partial charge in [-0.2, -0.15) is 30.7 Å². The Balaban J connectivity index is -0.000000356. The number of alkyl halides is 6. The molecule has 574 valence electrons. The predicted molar refractivity (Wildman–Crippen MR) is 339 cm³/mol. The van der Waals surface area contributed by atoms with Gasteiger partial charge in [-0.15, -0.1) is 0 Å². The predicted octanol–water partition coefficient (Wildman–Crippen LogP) is -0.126. The van der Waals surface area contributed by atoms with Crippen LogP contribution in [0.15, 0.2) is 116 Å². The number of nitrogens with one attached hydrogen (secondary N) is 2. The molecular weight excluding hydrogens is 1380 g/mol. The Labute approximate surface area is 584 Å². The average molecular weight is 1480 g/mol. The van der Waals surface area contributed by atoms with Crippen molar-refractivity contribution in [2.45, 2.75) is 85.5 Å². The van der Waals surface area contributed by atoms with Gasteiger partial charge in [-0.3, -0.25) is 10.1 Å². The van der Waals surface area contributed by atoms with Crippen LogP contribution >= 0.6 is 0 Å². The number of hydrogen-bond acceptors (Lipinski definition) is 19. The van der Waals surface area contributed by atoms with Crippen LogP contribution < -0.4 is 39.9 Å². The summed E-state index contributed by atoms with van der Waals surface area (Å²) in [5, 5.41) is 65.8. The summed E-state index contributed by atoms with van der Waals surface area (Å²) in [6.07, 6.45) is -4.00. The lowest BCUT2D eigenvalue weighted by Crippen LogP contribution is -3.11. The van der Waals surface area contributed by atoms with E-state index in [1.54, 1.807) is 39.1 Å². The number of nitro benzene ring substituents is 1. The second-order valence-corrected chi connectivity index (χ2v) is 23.6. The van der Waals surface area contributed by atoms with Gasteiger partial charge >= 0.3 is 35.9 Å². The van der Waals surface area contributed by atoms with E-state index in [0.29, 0.717) is 29.9 Å². The number of hydrogen-bond donors (Lipinski definition) is 3. The van der Waals surface area contributed by atoms with Crippen LogP contribution in [0.5, 0.6) is 0 Å². The number of nitrogens with zero attached hydrogens (tertiary/aromatic N) is 5. The van der Waals surface area contributed by atoms with E-state index in [-0.39, 0.29) is 29.6 Å². The lowest BCUT2D eigenvalue weighted by molar-refractivity contribution is -0.890. The number of carbonyl (C=O) groups excluding carboxylic acids is 8. The Kier molecular flexibility index (Phi) is 48.2. The molecule has 0 saturated carbocycles. The molecule has 0 bridgehead atoms. The monoisotopic (exact) mass is 1480 g/mol. The zero-order valence-corrected chi connectivity index (χ0v) is 59.6. The van der Waals surface area contributed by atoms with Crippen LogP contribution in [-0.4, -0.2) is 205 Å². The number of aliphatic carboxylic acids is 3. The molecule has 0 aliphatic carbocycles. The normalized spacial score (nSPS) is 10.7. The molecule has 0 amide bonds. The molecule has 0 fully saturated rings. The minimum absolute atomic E-state index is 0.0378. The summed E-state index contributed by atoms with van der Waals surface area (Å²) in [5.74, 6) is -20.1. The van der Waals surface area contributed by atoms with Crippen molar-refractivity contribution >= 4 is 59.6 Å². The highest BCUT2D eigenvalue weighted by molar-refractivity contribution is 5.91. The number of aromatic nitrogens is 2. The highest BCUT2D eigenvalue weighted by atomic mass is 19.4. The number of aryl methyl sites for hydroxylation is 2. The number of carboxylic acid groups (broad SMARTS) is 5. The third kappa shape index (κ3) is 45.7. The minimum Gasteiger partial charge on any atom is -0.550 e. The maximum Gasteiger partial charge on any atom is 0.431 e. The zero-order valence-electron chi connectivity index (χ0n) is 59.6. The second kappa shape index (κ2) is 48.8. The van der Waals surface area contributed by atoms with E-state index in [9.17, 15) is 98.1 Å². The van der Waals surface area contributed by atoms with Gasteiger partial charge in [-0.1, -0.05) is 86.5 Å². The second-order valence-electron chi connectivity index (χ2n) is 23.6. The number of ether oxygens (including phenoxy) is 3. The quantitative estimate of drug-likeness (QED) is 0.00832. The Morgan fingerprint density at radius 3 is 1.34 bits per heavy atom. The molecular formula is C66H91F10N7O19. The van der Waals surface area contributed by atoms with Gasteiger partial charge in [0, 0.05) is 35.1 Å². The smallest absolute Gasteiger partial charge is 0.431 e. The SMILES string of the molecule is C=C(C)C(=O)OC(C[NH+](C)C)C[NH+](C)C.C=C(C)C(=O)OCC[N+](C)(C)C.C=C(C)C(=O)OCC[N+](C)(C)CCc1ccccc1.C=Cn1cc[n+](CC)c1.CC(=O)[O-].CC(=O)[O-].Cc1ccc(C(=O)[O-])cc1.O=C([O-])C(O)(C(F)(F)F)C(F)(F)F.O=C([O-])c1c(F)c(F)c(F)c(F)c1[N+](=O)[O-]. The molecule has 4 rings (SSSR count). The first-order valence-electron chi connectivity index (χ1n) is 29.7. The highest BCUT2D eigenvalue weighted by Gasteiger charge is 2.71. The van der Waals surface area contributed by atoms with Gasteiger partial charge in [-0.25, -0.2) is 36.7 Å². The summed E-state index contributed by atoms with van der Waals surface area (Å²) >= 11 is 0. The lowest BCUT2D eigenvalue weighted by atomic mass is 10.0. The summed E-state index contributed by atoms with van der Waals surface area (Å²) in [6.45, 7) is 31.4. The van der Waals surface area contributed by atoms with Crippen LogP contribution in [0, 0.1) is 40.3 Å². The molecule has 0 aliphatic heterocycles. The maximum absolute atomic E-state index is 12.8. The Hall–Kier alpha value is -9.91. The minimum atomic E-state index is -6.37. The number of aliphatic hydroxyl groups is 1. The van der Waals surface area contributed by atoms with Crippen LogP contribution in [-0.2, 0) is 55.9 Å². The van der Waals surface area contributed by atoms with Crippen molar-refractivity contribution in [1.29, 1.82) is 0 Å². The number of imidazole rings is 1. The molecule has 36 heteroatoms. The zero-order chi connectivity index (χ0) is 81.2.